The molecule has 0 aliphatic heterocycles. The Morgan fingerprint density at radius 2 is 2.38 bits per heavy atom. The standard InChI is InChI=1S/C7H12N4OS/c1-5(2)11(3)7(12)9-6-10-8-4-13-6/h4-5H,1-3H3,(H,9,10,12). The van der Waals surface area contributed by atoms with Gasteiger partial charge in [0.1, 0.15) is 5.51 Å². The van der Waals surface area contributed by atoms with E-state index in [9.17, 15) is 4.79 Å². The fourth-order valence-electron chi connectivity index (χ4n) is 0.642. The number of urea groups is 1. The molecule has 72 valence electrons. The van der Waals surface area contributed by atoms with E-state index >= 15 is 0 Å². The van der Waals surface area contributed by atoms with Gasteiger partial charge in [0.2, 0.25) is 5.13 Å². The van der Waals surface area contributed by atoms with Gasteiger partial charge in [-0.1, -0.05) is 11.3 Å². The van der Waals surface area contributed by atoms with Gasteiger partial charge in [-0.3, -0.25) is 5.32 Å². The van der Waals surface area contributed by atoms with Gasteiger partial charge in [0, 0.05) is 13.1 Å². The van der Waals surface area contributed by atoms with Crippen LogP contribution in [0.25, 0.3) is 0 Å². The molecule has 1 N–H and O–H groups in total. The third kappa shape index (κ3) is 2.66. The first-order valence-corrected chi connectivity index (χ1v) is 4.79. The van der Waals surface area contributed by atoms with Crippen molar-refractivity contribution in [1.29, 1.82) is 0 Å². The van der Waals surface area contributed by atoms with E-state index in [0.29, 0.717) is 5.13 Å². The number of carbonyl (C=O) groups is 1. The number of carbonyl (C=O) groups excluding carboxylic acids is 1. The van der Waals surface area contributed by atoms with E-state index in [2.05, 4.69) is 15.5 Å². The minimum atomic E-state index is -0.160. The molecule has 6 heteroatoms. The van der Waals surface area contributed by atoms with E-state index in [4.69, 9.17) is 0 Å². The van der Waals surface area contributed by atoms with Gasteiger partial charge in [0.25, 0.3) is 0 Å². The van der Waals surface area contributed by atoms with Crippen LogP contribution in [-0.2, 0) is 0 Å². The quantitative estimate of drug-likeness (QED) is 0.785. The molecule has 0 radical (unpaired) electrons. The second-order valence-corrected chi connectivity index (χ2v) is 3.71. The lowest BCUT2D eigenvalue weighted by Gasteiger charge is -2.20. The predicted octanol–water partition coefficient (Wildman–Crippen LogP) is 1.41. The van der Waals surface area contributed by atoms with Crippen LogP contribution in [0.5, 0.6) is 0 Å². The zero-order valence-corrected chi connectivity index (χ0v) is 8.63. The molecule has 1 aromatic heterocycles. The normalized spacial score (nSPS) is 10.2. The van der Waals surface area contributed by atoms with Crippen molar-refractivity contribution >= 4 is 22.5 Å². The average molecular weight is 200 g/mol. The zero-order valence-electron chi connectivity index (χ0n) is 7.81. The van der Waals surface area contributed by atoms with Gasteiger partial charge in [-0.25, -0.2) is 4.79 Å². The van der Waals surface area contributed by atoms with E-state index in [1.807, 2.05) is 13.8 Å². The summed E-state index contributed by atoms with van der Waals surface area (Å²) in [4.78, 5) is 13.0. The van der Waals surface area contributed by atoms with Crippen molar-refractivity contribution in [3.8, 4) is 0 Å². The Kier molecular flexibility index (Phi) is 3.18. The molecule has 1 rings (SSSR count). The van der Waals surface area contributed by atoms with Crippen molar-refractivity contribution < 1.29 is 4.79 Å². The maximum Gasteiger partial charge on any atom is 0.323 e. The third-order valence-corrected chi connectivity index (χ3v) is 2.28. The van der Waals surface area contributed by atoms with Gasteiger partial charge in [-0.15, -0.1) is 10.2 Å². The van der Waals surface area contributed by atoms with Crippen LogP contribution in [0.15, 0.2) is 5.51 Å². The molecule has 0 aromatic carbocycles. The molecule has 0 fully saturated rings. The fourth-order valence-corrected chi connectivity index (χ4v) is 1.08. The van der Waals surface area contributed by atoms with Gasteiger partial charge in [-0.05, 0) is 13.8 Å². The molecule has 0 unspecified atom stereocenters. The molecule has 0 saturated carbocycles. The zero-order chi connectivity index (χ0) is 9.84. The van der Waals surface area contributed by atoms with Crippen molar-refractivity contribution in [2.45, 2.75) is 19.9 Å². The van der Waals surface area contributed by atoms with E-state index < -0.39 is 0 Å². The Morgan fingerprint density at radius 3 is 2.85 bits per heavy atom. The number of nitrogens with one attached hydrogen (secondary N) is 1. The summed E-state index contributed by atoms with van der Waals surface area (Å²) in [5, 5.41) is 10.5. The lowest BCUT2D eigenvalue weighted by atomic mass is 10.4. The number of rotatable bonds is 2. The van der Waals surface area contributed by atoms with Crippen LogP contribution in [0, 0.1) is 0 Å². The number of anilines is 1. The Hall–Kier alpha value is -1.17. The third-order valence-electron chi connectivity index (χ3n) is 1.67. The van der Waals surface area contributed by atoms with Crippen molar-refractivity contribution in [2.24, 2.45) is 0 Å². The molecule has 1 heterocycles. The second-order valence-electron chi connectivity index (χ2n) is 2.88. The molecule has 0 atom stereocenters. The molecule has 0 saturated heterocycles. The number of hydrogen-bond donors (Lipinski definition) is 1. The highest BCUT2D eigenvalue weighted by atomic mass is 32.1. The summed E-state index contributed by atoms with van der Waals surface area (Å²) in [6, 6.07) is 0.0136. The Bertz CT molecular complexity index is 272. The second kappa shape index (κ2) is 4.18. The molecule has 13 heavy (non-hydrogen) atoms. The summed E-state index contributed by atoms with van der Waals surface area (Å²) in [6.45, 7) is 3.89. The highest BCUT2D eigenvalue weighted by molar-refractivity contribution is 7.13. The highest BCUT2D eigenvalue weighted by Crippen LogP contribution is 2.09. The molecule has 1 aromatic rings. The number of aromatic nitrogens is 2. The Balaban J connectivity index is 2.51. The summed E-state index contributed by atoms with van der Waals surface area (Å²) < 4.78 is 0. The molecule has 5 nitrogen and oxygen atoms in total. The predicted molar refractivity (Wildman–Crippen MR) is 51.8 cm³/mol. The molecule has 2 amide bonds. The van der Waals surface area contributed by atoms with E-state index in [1.54, 1.807) is 17.5 Å². The van der Waals surface area contributed by atoms with E-state index in [1.165, 1.54) is 11.3 Å². The number of amides is 2. The van der Waals surface area contributed by atoms with Gasteiger partial charge in [0.15, 0.2) is 0 Å². The first-order chi connectivity index (χ1) is 6.11. The maximum atomic E-state index is 11.4. The average Bonchev–Trinajstić information content (AvgIpc) is 2.55. The van der Waals surface area contributed by atoms with Gasteiger partial charge in [0.05, 0.1) is 0 Å². The summed E-state index contributed by atoms with van der Waals surface area (Å²) >= 11 is 1.30. The topological polar surface area (TPSA) is 58.1 Å². The lowest BCUT2D eigenvalue weighted by Crippen LogP contribution is -2.36. The van der Waals surface area contributed by atoms with Crippen molar-refractivity contribution in [3.63, 3.8) is 0 Å². The van der Waals surface area contributed by atoms with Crippen LogP contribution in [0.2, 0.25) is 0 Å². The highest BCUT2D eigenvalue weighted by Gasteiger charge is 2.12. The van der Waals surface area contributed by atoms with Crippen molar-refractivity contribution in [2.75, 3.05) is 12.4 Å². The summed E-state index contributed by atoms with van der Waals surface area (Å²) in [7, 11) is 1.74. The molecule has 0 spiro atoms. The number of hydrogen-bond acceptors (Lipinski definition) is 4. The monoisotopic (exact) mass is 200 g/mol. The molecular weight excluding hydrogens is 188 g/mol. The molecule has 0 aliphatic carbocycles. The van der Waals surface area contributed by atoms with Crippen LogP contribution in [0.3, 0.4) is 0 Å². The molecule has 0 bridgehead atoms. The van der Waals surface area contributed by atoms with Crippen LogP contribution < -0.4 is 5.32 Å². The van der Waals surface area contributed by atoms with Crippen LogP contribution in [-0.4, -0.2) is 34.2 Å². The SMILES string of the molecule is CC(C)N(C)C(=O)Nc1nncs1. The van der Waals surface area contributed by atoms with Crippen molar-refractivity contribution in [3.05, 3.63) is 5.51 Å². The fraction of sp³-hybridized carbons (Fsp3) is 0.571. The lowest BCUT2D eigenvalue weighted by molar-refractivity contribution is 0.211. The Morgan fingerprint density at radius 1 is 1.69 bits per heavy atom. The largest absolute Gasteiger partial charge is 0.325 e. The summed E-state index contributed by atoms with van der Waals surface area (Å²) in [6.07, 6.45) is 0. The van der Waals surface area contributed by atoms with Crippen LogP contribution >= 0.6 is 11.3 Å². The minimum Gasteiger partial charge on any atom is -0.325 e. The molecule has 0 aliphatic rings. The number of nitrogens with zero attached hydrogens (tertiary/aromatic N) is 3. The van der Waals surface area contributed by atoms with Gasteiger partial charge < -0.3 is 4.90 Å². The maximum absolute atomic E-state index is 11.4. The summed E-state index contributed by atoms with van der Waals surface area (Å²) in [5.41, 5.74) is 1.57. The van der Waals surface area contributed by atoms with Gasteiger partial charge in [-0.2, -0.15) is 0 Å². The first-order valence-electron chi connectivity index (χ1n) is 3.91. The van der Waals surface area contributed by atoms with E-state index in [-0.39, 0.29) is 12.1 Å². The Labute approximate surface area is 80.8 Å². The molecular formula is C7H12N4OS. The van der Waals surface area contributed by atoms with Crippen LogP contribution in [0.1, 0.15) is 13.8 Å². The smallest absolute Gasteiger partial charge is 0.323 e. The van der Waals surface area contributed by atoms with E-state index in [0.717, 1.165) is 0 Å². The first kappa shape index (κ1) is 9.91. The van der Waals surface area contributed by atoms with Crippen LogP contribution in [0.4, 0.5) is 9.93 Å². The van der Waals surface area contributed by atoms with Crippen molar-refractivity contribution in [1.82, 2.24) is 15.1 Å². The minimum absolute atomic E-state index is 0.160. The van der Waals surface area contributed by atoms with Gasteiger partial charge >= 0.3 is 6.03 Å². The summed E-state index contributed by atoms with van der Waals surface area (Å²) in [5.74, 6) is 0.